The minimum atomic E-state index is -3.63. The number of rotatable bonds is 9. The first kappa shape index (κ1) is 24.6. The lowest BCUT2D eigenvalue weighted by Crippen LogP contribution is -2.46. The molecule has 0 aliphatic rings. The maximum Gasteiger partial charge on any atom is 0.329 e. The largest absolute Gasteiger partial charge is 0.451 e. The van der Waals surface area contributed by atoms with Crippen LogP contribution in [0.2, 0.25) is 0 Å². The summed E-state index contributed by atoms with van der Waals surface area (Å²) in [5, 5.41) is 5.06. The Bertz CT molecular complexity index is 834. The second-order valence-electron chi connectivity index (χ2n) is 7.29. The molecule has 10 heteroatoms. The van der Waals surface area contributed by atoms with E-state index in [4.69, 9.17) is 4.74 Å². The van der Waals surface area contributed by atoms with Crippen molar-refractivity contribution in [2.75, 3.05) is 5.32 Å². The molecule has 2 atom stereocenters. The second-order valence-corrected chi connectivity index (χ2v) is 9.00. The van der Waals surface area contributed by atoms with E-state index in [1.54, 1.807) is 27.7 Å². The molecule has 0 spiro atoms. The number of anilines is 1. The van der Waals surface area contributed by atoms with Crippen LogP contribution in [0.5, 0.6) is 0 Å². The van der Waals surface area contributed by atoms with E-state index in [0.717, 1.165) is 0 Å². The fourth-order valence-electron chi connectivity index (χ4n) is 2.36. The molecule has 3 N–H and O–H groups in total. The zero-order valence-corrected chi connectivity index (χ0v) is 18.3. The number of esters is 1. The first-order chi connectivity index (χ1) is 13.3. The lowest BCUT2D eigenvalue weighted by atomic mass is 10.0. The highest BCUT2D eigenvalue weighted by Crippen LogP contribution is 2.15. The Morgan fingerprint density at radius 1 is 0.966 bits per heavy atom. The Hall–Kier alpha value is -2.46. The van der Waals surface area contributed by atoms with Gasteiger partial charge in [0.05, 0.1) is 4.90 Å². The third-order valence-electron chi connectivity index (χ3n) is 3.76. The van der Waals surface area contributed by atoms with Gasteiger partial charge in [-0.05, 0) is 51.0 Å². The summed E-state index contributed by atoms with van der Waals surface area (Å²) >= 11 is 0. The molecule has 0 bridgehead atoms. The molecule has 0 aliphatic carbocycles. The smallest absolute Gasteiger partial charge is 0.329 e. The number of nitrogens with one attached hydrogen (secondary N) is 3. The van der Waals surface area contributed by atoms with Gasteiger partial charge in [0.25, 0.3) is 5.91 Å². The predicted molar refractivity (Wildman–Crippen MR) is 109 cm³/mol. The van der Waals surface area contributed by atoms with Crippen LogP contribution in [0.15, 0.2) is 29.2 Å². The SMILES string of the molecule is CC(=O)N[C@H](C(=O)O[C@@H](C)C(=O)Nc1ccc(S(=O)(=O)NC(C)C)cc1)C(C)C. The highest BCUT2D eigenvalue weighted by molar-refractivity contribution is 7.89. The van der Waals surface area contributed by atoms with E-state index >= 15 is 0 Å². The molecule has 0 fully saturated rings. The van der Waals surface area contributed by atoms with Crippen LogP contribution >= 0.6 is 0 Å². The van der Waals surface area contributed by atoms with Crippen LogP contribution in [0.1, 0.15) is 41.5 Å². The molecule has 0 heterocycles. The second kappa shape index (κ2) is 10.4. The average Bonchev–Trinajstić information content (AvgIpc) is 2.58. The van der Waals surface area contributed by atoms with Crippen LogP contribution in [0, 0.1) is 5.92 Å². The first-order valence-corrected chi connectivity index (χ1v) is 10.7. The van der Waals surface area contributed by atoms with E-state index in [0.29, 0.717) is 5.69 Å². The number of ether oxygens (including phenoxy) is 1. The van der Waals surface area contributed by atoms with Gasteiger partial charge in [0.15, 0.2) is 6.10 Å². The number of amides is 2. The van der Waals surface area contributed by atoms with Crippen molar-refractivity contribution < 1.29 is 27.5 Å². The van der Waals surface area contributed by atoms with Crippen molar-refractivity contribution >= 4 is 33.5 Å². The Morgan fingerprint density at radius 3 is 1.97 bits per heavy atom. The molecule has 1 aromatic rings. The molecule has 162 valence electrons. The van der Waals surface area contributed by atoms with Crippen molar-refractivity contribution in [3.63, 3.8) is 0 Å². The minimum absolute atomic E-state index is 0.0683. The lowest BCUT2D eigenvalue weighted by Gasteiger charge is -2.22. The molecule has 29 heavy (non-hydrogen) atoms. The fourth-order valence-corrected chi connectivity index (χ4v) is 3.61. The summed E-state index contributed by atoms with van der Waals surface area (Å²) < 4.78 is 31.9. The Labute approximate surface area is 171 Å². The summed E-state index contributed by atoms with van der Waals surface area (Å²) in [4.78, 5) is 35.8. The summed E-state index contributed by atoms with van der Waals surface area (Å²) in [6.45, 7) is 9.62. The monoisotopic (exact) mass is 427 g/mol. The van der Waals surface area contributed by atoms with Crippen LogP contribution in [0.25, 0.3) is 0 Å². The van der Waals surface area contributed by atoms with Crippen LogP contribution in [0.4, 0.5) is 5.69 Å². The number of carbonyl (C=O) groups excluding carboxylic acids is 3. The van der Waals surface area contributed by atoms with Crippen LogP contribution in [0.3, 0.4) is 0 Å². The molecule has 1 aromatic carbocycles. The third kappa shape index (κ3) is 7.82. The average molecular weight is 428 g/mol. The summed E-state index contributed by atoms with van der Waals surface area (Å²) in [6.07, 6.45) is -1.11. The van der Waals surface area contributed by atoms with Gasteiger partial charge in [-0.1, -0.05) is 13.8 Å². The van der Waals surface area contributed by atoms with Gasteiger partial charge in [-0.15, -0.1) is 0 Å². The summed E-state index contributed by atoms with van der Waals surface area (Å²) in [6, 6.07) is 4.50. The minimum Gasteiger partial charge on any atom is -0.451 e. The Morgan fingerprint density at radius 2 is 1.52 bits per heavy atom. The molecule has 0 saturated heterocycles. The van der Waals surface area contributed by atoms with E-state index in [-0.39, 0.29) is 22.8 Å². The van der Waals surface area contributed by atoms with Gasteiger partial charge in [0, 0.05) is 18.7 Å². The summed E-state index contributed by atoms with van der Waals surface area (Å²) in [5.41, 5.74) is 0.351. The van der Waals surface area contributed by atoms with Crippen LogP contribution in [-0.4, -0.2) is 44.4 Å². The zero-order valence-electron chi connectivity index (χ0n) is 17.5. The normalized spacial score (nSPS) is 13.7. The highest BCUT2D eigenvalue weighted by Gasteiger charge is 2.28. The van der Waals surface area contributed by atoms with Gasteiger partial charge in [0.1, 0.15) is 6.04 Å². The number of benzene rings is 1. The third-order valence-corrected chi connectivity index (χ3v) is 5.44. The molecule has 2 amide bonds. The van der Waals surface area contributed by atoms with Crippen molar-refractivity contribution in [2.24, 2.45) is 5.92 Å². The quantitative estimate of drug-likeness (QED) is 0.511. The lowest BCUT2D eigenvalue weighted by molar-refractivity contribution is -0.157. The summed E-state index contributed by atoms with van der Waals surface area (Å²) in [5.74, 6) is -1.88. The van der Waals surface area contributed by atoms with Gasteiger partial charge in [-0.25, -0.2) is 17.9 Å². The van der Waals surface area contributed by atoms with Crippen molar-refractivity contribution in [3.05, 3.63) is 24.3 Å². The van der Waals surface area contributed by atoms with Crippen LogP contribution in [-0.2, 0) is 29.1 Å². The van der Waals surface area contributed by atoms with Gasteiger partial charge < -0.3 is 15.4 Å². The van der Waals surface area contributed by atoms with Crippen molar-refractivity contribution in [2.45, 2.75) is 64.6 Å². The topological polar surface area (TPSA) is 131 Å². The summed E-state index contributed by atoms with van der Waals surface area (Å²) in [7, 11) is -3.63. The standard InChI is InChI=1S/C19H29N3O6S/c1-11(2)17(20-14(6)23)19(25)28-13(5)18(24)21-15-7-9-16(10-8-15)29(26,27)22-12(3)4/h7-13,17,22H,1-6H3,(H,20,23)(H,21,24)/t13-,17-/m0/s1. The van der Waals surface area contributed by atoms with Gasteiger partial charge in [-0.2, -0.15) is 0 Å². The molecule has 9 nitrogen and oxygen atoms in total. The molecule has 0 aliphatic heterocycles. The molecule has 1 rings (SSSR count). The molecular formula is C19H29N3O6S. The molecule has 0 aromatic heterocycles. The predicted octanol–water partition coefficient (Wildman–Crippen LogP) is 1.40. The number of hydrogen-bond donors (Lipinski definition) is 3. The van der Waals surface area contributed by atoms with Crippen molar-refractivity contribution in [1.29, 1.82) is 0 Å². The van der Waals surface area contributed by atoms with E-state index in [9.17, 15) is 22.8 Å². The van der Waals surface area contributed by atoms with Crippen LogP contribution < -0.4 is 15.4 Å². The van der Waals surface area contributed by atoms with Gasteiger partial charge in [-0.3, -0.25) is 9.59 Å². The molecule has 0 saturated carbocycles. The van der Waals surface area contributed by atoms with E-state index in [1.165, 1.54) is 38.1 Å². The highest BCUT2D eigenvalue weighted by atomic mass is 32.2. The Kier molecular flexibility index (Phi) is 8.78. The van der Waals surface area contributed by atoms with Crippen molar-refractivity contribution in [1.82, 2.24) is 10.0 Å². The van der Waals surface area contributed by atoms with Crippen molar-refractivity contribution in [3.8, 4) is 0 Å². The van der Waals surface area contributed by atoms with E-state index in [1.807, 2.05) is 0 Å². The zero-order chi connectivity index (χ0) is 22.4. The van der Waals surface area contributed by atoms with E-state index < -0.39 is 34.0 Å². The number of sulfonamides is 1. The Balaban J connectivity index is 2.75. The fraction of sp³-hybridized carbons (Fsp3) is 0.526. The maximum absolute atomic E-state index is 12.3. The van der Waals surface area contributed by atoms with Gasteiger partial charge >= 0.3 is 5.97 Å². The molecule has 0 radical (unpaired) electrons. The maximum atomic E-state index is 12.3. The number of carbonyl (C=O) groups is 3. The van der Waals surface area contributed by atoms with Gasteiger partial charge in [0.2, 0.25) is 15.9 Å². The number of hydrogen-bond acceptors (Lipinski definition) is 6. The molecular weight excluding hydrogens is 398 g/mol. The molecule has 0 unspecified atom stereocenters. The van der Waals surface area contributed by atoms with E-state index in [2.05, 4.69) is 15.4 Å². The first-order valence-electron chi connectivity index (χ1n) is 9.24.